The van der Waals surface area contributed by atoms with Gasteiger partial charge in [0.15, 0.2) is 0 Å². The van der Waals surface area contributed by atoms with Crippen molar-refractivity contribution >= 4 is 31.1 Å². The maximum Gasteiger partial charge on any atom is 0.325 e. The fourth-order valence-electron chi connectivity index (χ4n) is 2.92. The number of hydrogen-bond acceptors (Lipinski definition) is 3. The number of hydrogen-bond donors (Lipinski definition) is 2. The van der Waals surface area contributed by atoms with Crippen LogP contribution in [0.3, 0.4) is 0 Å². The molecule has 0 saturated carbocycles. The summed E-state index contributed by atoms with van der Waals surface area (Å²) in [6.45, 7) is 2.28. The van der Waals surface area contributed by atoms with E-state index in [0.717, 1.165) is 11.5 Å². The van der Waals surface area contributed by atoms with Crippen LogP contribution in [0.2, 0.25) is 0 Å². The second kappa shape index (κ2) is 20.6. The molecule has 26 heavy (non-hydrogen) atoms. The van der Waals surface area contributed by atoms with E-state index >= 15 is 0 Å². The highest BCUT2D eigenvalue weighted by atomic mass is 32.2. The van der Waals surface area contributed by atoms with Crippen molar-refractivity contribution < 1.29 is 14.4 Å². The molecule has 0 atom stereocenters. The molecule has 0 aromatic rings. The van der Waals surface area contributed by atoms with Crippen molar-refractivity contribution in [3.8, 4) is 0 Å². The summed E-state index contributed by atoms with van der Waals surface area (Å²) >= 11 is 3.84. The molecule has 0 radical (unpaired) electrons. The number of thioether (sulfide) groups is 2. The average Bonchev–Trinajstić information content (AvgIpc) is 2.59. The molecular weight excluding hydrogens is 383 g/mol. The molecule has 0 unspecified atom stereocenters. The van der Waals surface area contributed by atoms with Crippen LogP contribution in [0.1, 0.15) is 96.8 Å². The minimum absolute atomic E-state index is 0.0338. The highest BCUT2D eigenvalue weighted by Gasteiger charge is 2.10. The Kier molecular flexibility index (Phi) is 21.3. The van der Waals surface area contributed by atoms with Crippen LogP contribution in [0.5, 0.6) is 0 Å². The average molecular weight is 427 g/mol. The lowest BCUT2D eigenvalue weighted by Gasteiger charge is -2.04. The smallest absolute Gasteiger partial charge is 0.324 e. The molecule has 0 saturated heterocycles. The second-order valence-corrected chi connectivity index (χ2v) is 11.4. The highest BCUT2D eigenvalue weighted by Crippen LogP contribution is 2.35. The predicted octanol–water partition coefficient (Wildman–Crippen LogP) is 7.11. The summed E-state index contributed by atoms with van der Waals surface area (Å²) in [4.78, 5) is 17.5. The van der Waals surface area contributed by atoms with Crippen molar-refractivity contribution in [2.75, 3.05) is 29.2 Å². The molecule has 0 aliphatic carbocycles. The Morgan fingerprint density at radius 1 is 0.577 bits per heavy atom. The SMILES string of the molecule is CCCCCCCCCCCCCCCSCCSCCCP(=O)(O)O. The molecule has 0 amide bonds. The minimum Gasteiger partial charge on any atom is -0.324 e. The van der Waals surface area contributed by atoms with Gasteiger partial charge in [0.25, 0.3) is 0 Å². The van der Waals surface area contributed by atoms with Gasteiger partial charge in [-0.3, -0.25) is 4.57 Å². The Morgan fingerprint density at radius 2 is 0.962 bits per heavy atom. The molecule has 158 valence electrons. The number of unbranched alkanes of at least 4 members (excludes halogenated alkanes) is 12. The molecule has 0 heterocycles. The molecule has 0 bridgehead atoms. The van der Waals surface area contributed by atoms with Crippen LogP contribution < -0.4 is 0 Å². The molecule has 0 fully saturated rings. The van der Waals surface area contributed by atoms with Crippen molar-refractivity contribution in [2.45, 2.75) is 96.8 Å². The van der Waals surface area contributed by atoms with E-state index in [9.17, 15) is 4.57 Å². The largest absolute Gasteiger partial charge is 0.325 e. The highest BCUT2D eigenvalue weighted by molar-refractivity contribution is 8.02. The normalized spacial score (nSPS) is 12.0. The zero-order valence-electron chi connectivity index (χ0n) is 17.0. The van der Waals surface area contributed by atoms with E-state index < -0.39 is 7.60 Å². The summed E-state index contributed by atoms with van der Waals surface area (Å²) in [7, 11) is -3.78. The third-order valence-electron chi connectivity index (χ3n) is 4.50. The van der Waals surface area contributed by atoms with Gasteiger partial charge < -0.3 is 9.79 Å². The Morgan fingerprint density at radius 3 is 1.38 bits per heavy atom. The molecule has 3 nitrogen and oxygen atoms in total. The molecule has 0 aliphatic rings. The molecule has 6 heteroatoms. The van der Waals surface area contributed by atoms with E-state index in [4.69, 9.17) is 9.79 Å². The van der Waals surface area contributed by atoms with Gasteiger partial charge in [0, 0.05) is 11.5 Å². The van der Waals surface area contributed by atoms with Crippen molar-refractivity contribution in [3.63, 3.8) is 0 Å². The van der Waals surface area contributed by atoms with E-state index in [1.807, 2.05) is 23.5 Å². The van der Waals surface area contributed by atoms with Gasteiger partial charge in [-0.1, -0.05) is 84.0 Å². The molecule has 0 rings (SSSR count). The molecule has 0 aromatic carbocycles. The van der Waals surface area contributed by atoms with Gasteiger partial charge in [-0.2, -0.15) is 23.5 Å². The third kappa shape index (κ3) is 24.8. The summed E-state index contributed by atoms with van der Waals surface area (Å²) in [6, 6.07) is 0. The molecule has 0 spiro atoms. The van der Waals surface area contributed by atoms with Gasteiger partial charge in [-0.25, -0.2) is 0 Å². The number of rotatable bonds is 21. The van der Waals surface area contributed by atoms with Crippen LogP contribution in [-0.4, -0.2) is 39.0 Å². The third-order valence-corrected chi connectivity index (χ3v) is 7.80. The Labute approximate surface area is 171 Å². The minimum atomic E-state index is -3.78. The summed E-state index contributed by atoms with van der Waals surface area (Å²) in [5, 5.41) is 0. The first kappa shape index (κ1) is 26.9. The predicted molar refractivity (Wildman–Crippen MR) is 122 cm³/mol. The lowest BCUT2D eigenvalue weighted by Crippen LogP contribution is -1.93. The van der Waals surface area contributed by atoms with Crippen LogP contribution in [0.15, 0.2) is 0 Å². The summed E-state index contributed by atoms with van der Waals surface area (Å²) in [6.07, 6.45) is 19.0. The first-order valence-electron chi connectivity index (χ1n) is 10.8. The Bertz CT molecular complexity index is 324. The van der Waals surface area contributed by atoms with E-state index in [-0.39, 0.29) is 6.16 Å². The van der Waals surface area contributed by atoms with E-state index in [1.54, 1.807) is 0 Å². The Hall–Kier alpha value is 0.850. The summed E-state index contributed by atoms with van der Waals surface area (Å²) in [5.74, 6) is 4.40. The van der Waals surface area contributed by atoms with Crippen LogP contribution >= 0.6 is 31.1 Å². The monoisotopic (exact) mass is 426 g/mol. The molecule has 2 N–H and O–H groups in total. The topological polar surface area (TPSA) is 57.5 Å². The summed E-state index contributed by atoms with van der Waals surface area (Å²) < 4.78 is 10.7. The van der Waals surface area contributed by atoms with E-state index in [0.29, 0.717) is 6.42 Å². The van der Waals surface area contributed by atoms with Crippen molar-refractivity contribution in [1.82, 2.24) is 0 Å². The second-order valence-electron chi connectivity index (χ2n) is 7.21. The van der Waals surface area contributed by atoms with E-state index in [2.05, 4.69) is 6.92 Å². The summed E-state index contributed by atoms with van der Waals surface area (Å²) in [5.41, 5.74) is 0. The van der Waals surface area contributed by atoms with Gasteiger partial charge in [-0.05, 0) is 24.3 Å². The fraction of sp³-hybridized carbons (Fsp3) is 1.00. The first-order valence-corrected chi connectivity index (χ1v) is 14.9. The van der Waals surface area contributed by atoms with Gasteiger partial charge in [0.2, 0.25) is 0 Å². The van der Waals surface area contributed by atoms with Crippen LogP contribution in [-0.2, 0) is 4.57 Å². The quantitative estimate of drug-likeness (QED) is 0.151. The standard InChI is InChI=1S/C20H43O3PS2/c1-2-3-4-5-6-7-8-9-10-11-12-13-14-17-25-19-20-26-18-15-16-24(21,22)23/h2-20H2,1H3,(H2,21,22,23). The van der Waals surface area contributed by atoms with Crippen molar-refractivity contribution in [1.29, 1.82) is 0 Å². The van der Waals surface area contributed by atoms with Gasteiger partial charge in [0.05, 0.1) is 6.16 Å². The fourth-order valence-corrected chi connectivity index (χ4v) is 5.81. The lowest BCUT2D eigenvalue weighted by molar-refractivity contribution is 0.372. The van der Waals surface area contributed by atoms with Crippen LogP contribution in [0.4, 0.5) is 0 Å². The van der Waals surface area contributed by atoms with Gasteiger partial charge in [0.1, 0.15) is 0 Å². The van der Waals surface area contributed by atoms with Crippen molar-refractivity contribution in [3.05, 3.63) is 0 Å². The zero-order valence-corrected chi connectivity index (χ0v) is 19.5. The molecule has 0 aromatic heterocycles. The first-order chi connectivity index (χ1) is 12.6. The van der Waals surface area contributed by atoms with E-state index in [1.165, 1.54) is 95.0 Å². The van der Waals surface area contributed by atoms with Crippen LogP contribution in [0, 0.1) is 0 Å². The van der Waals surface area contributed by atoms with Gasteiger partial charge in [-0.15, -0.1) is 0 Å². The lowest BCUT2D eigenvalue weighted by atomic mass is 10.1. The maximum absolute atomic E-state index is 10.7. The molecule has 0 aliphatic heterocycles. The maximum atomic E-state index is 10.7. The molecular formula is C20H43O3PS2. The Balaban J connectivity index is 3.02. The van der Waals surface area contributed by atoms with Crippen molar-refractivity contribution in [2.24, 2.45) is 0 Å². The van der Waals surface area contributed by atoms with Crippen LogP contribution in [0.25, 0.3) is 0 Å². The van der Waals surface area contributed by atoms with Gasteiger partial charge >= 0.3 is 7.60 Å². The zero-order chi connectivity index (χ0) is 19.3.